The van der Waals surface area contributed by atoms with Gasteiger partial charge in [-0.1, -0.05) is 34.1 Å². The first kappa shape index (κ1) is 32.3. The molecule has 11 heteroatoms. The Hall–Kier alpha value is -3.60. The molecule has 3 aliphatic heterocycles. The largest absolute Gasteiger partial charge is 0.507 e. The third-order valence-corrected chi connectivity index (χ3v) is 8.82. The number of nitrogens with one attached hydrogen (secondary N) is 2. The van der Waals surface area contributed by atoms with Crippen LogP contribution in [0.5, 0.6) is 11.5 Å². The van der Waals surface area contributed by atoms with Crippen molar-refractivity contribution in [3.8, 4) is 11.5 Å². The van der Waals surface area contributed by atoms with Gasteiger partial charge in [-0.25, -0.2) is 0 Å². The zero-order chi connectivity index (χ0) is 31.4. The van der Waals surface area contributed by atoms with Crippen LogP contribution in [-0.2, 0) is 19.2 Å². The Balaban J connectivity index is 1.69. The quantitative estimate of drug-likeness (QED) is 0.419. The van der Waals surface area contributed by atoms with Crippen LogP contribution < -0.4 is 15.4 Å². The third-order valence-electron chi connectivity index (χ3n) is 8.82. The van der Waals surface area contributed by atoms with E-state index in [2.05, 4.69) is 10.6 Å². The number of hydrogen-bond donors (Lipinski definition) is 3. The van der Waals surface area contributed by atoms with Crippen molar-refractivity contribution in [3.05, 3.63) is 30.0 Å². The molecule has 2 saturated heterocycles. The van der Waals surface area contributed by atoms with Crippen LogP contribution in [0.4, 0.5) is 0 Å². The van der Waals surface area contributed by atoms with Crippen molar-refractivity contribution in [3.63, 3.8) is 0 Å². The van der Waals surface area contributed by atoms with Gasteiger partial charge in [0.2, 0.25) is 23.6 Å². The molecule has 4 amide bonds. The molecule has 43 heavy (non-hydrogen) atoms. The van der Waals surface area contributed by atoms with Crippen LogP contribution in [0.1, 0.15) is 65.4 Å². The van der Waals surface area contributed by atoms with Crippen LogP contribution in [0.15, 0.2) is 24.4 Å². The maximum Gasteiger partial charge on any atom is 0.249 e. The number of phenolic OH excluding ortho intramolecular Hbond substituents is 1. The van der Waals surface area contributed by atoms with E-state index in [0.29, 0.717) is 43.5 Å². The Labute approximate surface area is 254 Å². The number of likely N-dealkylation sites (tertiary alicyclic amines) is 1. The van der Waals surface area contributed by atoms with E-state index in [9.17, 15) is 24.3 Å². The van der Waals surface area contributed by atoms with Crippen molar-refractivity contribution < 1.29 is 29.0 Å². The van der Waals surface area contributed by atoms with E-state index in [1.165, 1.54) is 12.3 Å². The smallest absolute Gasteiger partial charge is 0.249 e. The summed E-state index contributed by atoms with van der Waals surface area (Å²) in [4.78, 5) is 60.2. The maximum atomic E-state index is 14.3. The molecule has 0 radical (unpaired) electrons. The lowest BCUT2D eigenvalue weighted by Gasteiger charge is -2.36. The monoisotopic (exact) mass is 597 g/mol. The van der Waals surface area contributed by atoms with E-state index in [1.54, 1.807) is 28.0 Å². The lowest BCUT2D eigenvalue weighted by molar-refractivity contribution is -0.150. The Morgan fingerprint density at radius 1 is 1.16 bits per heavy atom. The highest BCUT2D eigenvalue weighted by Crippen LogP contribution is 2.32. The fourth-order valence-electron chi connectivity index (χ4n) is 6.50. The fraction of sp³-hybridized carbons (Fsp3) is 0.625. The SMILES string of the molecule is CCC(C)C(C(=O)N[C@@H](CC(C)C)C(=O)N1CC[C@@H]2Oc3ccc(O)c(c3)/C=C\NC(=O)[C@@H]3CCCN3C(=O)[C@H]21)N(C)C. The zero-order valence-corrected chi connectivity index (χ0v) is 26.2. The minimum atomic E-state index is -0.974. The van der Waals surface area contributed by atoms with E-state index in [4.69, 9.17) is 4.74 Å². The number of carbonyl (C=O) groups excluding carboxylic acids is 4. The Morgan fingerprint density at radius 3 is 2.58 bits per heavy atom. The highest BCUT2D eigenvalue weighted by Gasteiger charge is 2.49. The fourth-order valence-corrected chi connectivity index (χ4v) is 6.50. The normalized spacial score (nSPS) is 25.0. The number of nitrogens with zero attached hydrogens (tertiary/aromatic N) is 3. The molecule has 2 bridgehead atoms. The minimum Gasteiger partial charge on any atom is -0.507 e. The first-order valence-electron chi connectivity index (χ1n) is 15.5. The third kappa shape index (κ3) is 7.14. The van der Waals surface area contributed by atoms with Crippen LogP contribution in [0.25, 0.3) is 6.08 Å². The second kappa shape index (κ2) is 13.8. The van der Waals surface area contributed by atoms with Gasteiger partial charge in [-0.05, 0) is 69.5 Å². The Kier molecular flexibility index (Phi) is 10.4. The molecule has 2 unspecified atom stereocenters. The number of likely N-dealkylation sites (N-methyl/N-ethyl adjacent to an activating group) is 1. The van der Waals surface area contributed by atoms with Gasteiger partial charge in [0.25, 0.3) is 0 Å². The second-order valence-electron chi connectivity index (χ2n) is 12.7. The summed E-state index contributed by atoms with van der Waals surface area (Å²) >= 11 is 0. The molecule has 2 fully saturated rings. The number of ether oxygens (including phenoxy) is 1. The van der Waals surface area contributed by atoms with E-state index in [0.717, 1.165) is 6.42 Å². The standard InChI is InChI=1S/C32H47N5O6/c1-7-20(4)27(35(5)6)30(40)34-23(17-19(2)3)31(41)37-16-13-26-28(37)32(42)36-15-8-9-24(36)29(39)33-14-12-21-18-22(43-26)10-11-25(21)38/h10-12,14,18-20,23-24,26-28,38H,7-9,13,15-17H2,1-6H3,(H,33,39)(H,34,40)/b14-12-/t20?,23-,24-,26-,27?,28-/m0/s1. The molecule has 0 aliphatic carbocycles. The van der Waals surface area contributed by atoms with Crippen LogP contribution >= 0.6 is 0 Å². The number of aromatic hydroxyl groups is 1. The van der Waals surface area contributed by atoms with Gasteiger partial charge in [0.05, 0.1) is 6.04 Å². The topological polar surface area (TPSA) is 132 Å². The summed E-state index contributed by atoms with van der Waals surface area (Å²) in [6, 6.07) is 1.87. The molecule has 236 valence electrons. The molecular weight excluding hydrogens is 550 g/mol. The summed E-state index contributed by atoms with van der Waals surface area (Å²) in [5.41, 5.74) is 0.450. The van der Waals surface area contributed by atoms with Crippen molar-refractivity contribution in [2.45, 2.75) is 90.1 Å². The van der Waals surface area contributed by atoms with E-state index < -0.39 is 30.3 Å². The van der Waals surface area contributed by atoms with Gasteiger partial charge in [-0.3, -0.25) is 24.1 Å². The molecule has 4 rings (SSSR count). The van der Waals surface area contributed by atoms with E-state index >= 15 is 0 Å². The summed E-state index contributed by atoms with van der Waals surface area (Å²) in [6.07, 6.45) is 5.14. The lowest BCUT2D eigenvalue weighted by atomic mass is 9.96. The molecule has 0 spiro atoms. The van der Waals surface area contributed by atoms with E-state index in [-0.39, 0.29) is 47.8 Å². The second-order valence-corrected chi connectivity index (χ2v) is 12.7. The van der Waals surface area contributed by atoms with Crippen molar-refractivity contribution in [1.29, 1.82) is 0 Å². The number of carbonyl (C=O) groups is 4. The zero-order valence-electron chi connectivity index (χ0n) is 26.2. The van der Waals surface area contributed by atoms with Crippen molar-refractivity contribution in [2.75, 3.05) is 27.2 Å². The predicted octanol–water partition coefficient (Wildman–Crippen LogP) is 2.34. The Morgan fingerprint density at radius 2 is 1.91 bits per heavy atom. The molecular formula is C32H47N5O6. The van der Waals surface area contributed by atoms with Gasteiger partial charge in [0, 0.05) is 31.3 Å². The van der Waals surface area contributed by atoms with Gasteiger partial charge in [0.1, 0.15) is 35.7 Å². The molecule has 3 aliphatic rings. The number of benzene rings is 1. The predicted molar refractivity (Wildman–Crippen MR) is 163 cm³/mol. The first-order chi connectivity index (χ1) is 20.4. The van der Waals surface area contributed by atoms with Gasteiger partial charge in [-0.15, -0.1) is 0 Å². The number of amides is 4. The minimum absolute atomic E-state index is 0.0201. The highest BCUT2D eigenvalue weighted by atomic mass is 16.5. The van der Waals surface area contributed by atoms with Gasteiger partial charge in [0.15, 0.2) is 0 Å². The summed E-state index contributed by atoms with van der Waals surface area (Å²) in [5.74, 6) is -0.562. The molecule has 0 saturated carbocycles. The van der Waals surface area contributed by atoms with Gasteiger partial charge < -0.3 is 30.3 Å². The lowest BCUT2D eigenvalue weighted by Crippen LogP contribution is -2.60. The van der Waals surface area contributed by atoms with Gasteiger partial charge >= 0.3 is 0 Å². The van der Waals surface area contributed by atoms with E-state index in [1.807, 2.05) is 46.7 Å². The molecule has 6 atom stereocenters. The van der Waals surface area contributed by atoms with Crippen LogP contribution in [0.3, 0.4) is 0 Å². The molecule has 1 aromatic rings. The average Bonchev–Trinajstić information content (AvgIpc) is 3.60. The molecule has 3 heterocycles. The highest BCUT2D eigenvalue weighted by molar-refractivity contribution is 5.96. The summed E-state index contributed by atoms with van der Waals surface area (Å²) in [6.45, 7) is 8.70. The Bertz CT molecular complexity index is 1230. The summed E-state index contributed by atoms with van der Waals surface area (Å²) in [7, 11) is 3.72. The summed E-state index contributed by atoms with van der Waals surface area (Å²) < 4.78 is 6.35. The number of hydrogen-bond acceptors (Lipinski definition) is 7. The molecule has 3 N–H and O–H groups in total. The van der Waals surface area contributed by atoms with Crippen LogP contribution in [0, 0.1) is 11.8 Å². The van der Waals surface area contributed by atoms with Crippen molar-refractivity contribution in [2.24, 2.45) is 11.8 Å². The maximum absolute atomic E-state index is 14.3. The average molecular weight is 598 g/mol. The van der Waals surface area contributed by atoms with Crippen LogP contribution in [0.2, 0.25) is 0 Å². The van der Waals surface area contributed by atoms with Crippen LogP contribution in [-0.4, -0.2) is 101 Å². The molecule has 11 nitrogen and oxygen atoms in total. The molecule has 1 aromatic carbocycles. The first-order valence-corrected chi connectivity index (χ1v) is 15.5. The van der Waals surface area contributed by atoms with Crippen molar-refractivity contribution in [1.82, 2.24) is 25.3 Å². The summed E-state index contributed by atoms with van der Waals surface area (Å²) in [5, 5.41) is 16.1. The molecule has 0 aromatic heterocycles. The van der Waals surface area contributed by atoms with Crippen molar-refractivity contribution >= 4 is 29.7 Å². The number of fused-ring (bicyclic) bond motifs is 4. The number of phenols is 1. The number of rotatable bonds is 8. The van der Waals surface area contributed by atoms with Gasteiger partial charge in [-0.2, -0.15) is 0 Å².